The molecule has 4 aromatic rings. The molecule has 1 aromatic carbocycles. The van der Waals surface area contributed by atoms with Crippen molar-refractivity contribution in [2.45, 2.75) is 33.2 Å². The molecule has 1 N–H and O–H groups in total. The first-order chi connectivity index (χ1) is 14.9. The van der Waals surface area contributed by atoms with Crippen LogP contribution < -0.4 is 5.32 Å². The van der Waals surface area contributed by atoms with E-state index < -0.39 is 0 Å². The van der Waals surface area contributed by atoms with Crippen molar-refractivity contribution in [3.63, 3.8) is 0 Å². The minimum Gasteiger partial charge on any atom is -0.348 e. The molecule has 0 atom stereocenters. The van der Waals surface area contributed by atoms with Gasteiger partial charge in [0.2, 0.25) is 0 Å². The number of carbonyl (C=O) groups is 1. The Labute approximate surface area is 184 Å². The van der Waals surface area contributed by atoms with Crippen LogP contribution in [0.2, 0.25) is 5.02 Å². The lowest BCUT2D eigenvalue weighted by Crippen LogP contribution is -2.23. The number of nitrogens with one attached hydrogen (secondary N) is 1. The third-order valence-corrected chi connectivity index (χ3v) is 5.00. The number of amides is 1. The van der Waals surface area contributed by atoms with Gasteiger partial charge in [-0.3, -0.25) is 4.79 Å². The minimum atomic E-state index is -0.224. The Kier molecular flexibility index (Phi) is 5.81. The van der Waals surface area contributed by atoms with Crippen molar-refractivity contribution in [3.05, 3.63) is 76.5 Å². The number of halogens is 1. The van der Waals surface area contributed by atoms with Crippen LogP contribution in [0.1, 0.15) is 47.2 Å². The monoisotopic (exact) mass is 436 g/mol. The van der Waals surface area contributed by atoms with Gasteiger partial charge in [-0.25, -0.2) is 9.67 Å². The molecule has 8 nitrogen and oxygen atoms in total. The third-order valence-electron chi connectivity index (χ3n) is 4.76. The molecule has 0 bridgehead atoms. The van der Waals surface area contributed by atoms with Crippen molar-refractivity contribution in [1.29, 1.82) is 0 Å². The molecule has 31 heavy (non-hydrogen) atoms. The summed E-state index contributed by atoms with van der Waals surface area (Å²) in [6.07, 6.45) is 3.17. The first kappa shape index (κ1) is 20.7. The van der Waals surface area contributed by atoms with E-state index in [2.05, 4.69) is 25.5 Å². The summed E-state index contributed by atoms with van der Waals surface area (Å²) in [5.74, 6) is 1.55. The van der Waals surface area contributed by atoms with Crippen LogP contribution >= 0.6 is 11.6 Å². The van der Waals surface area contributed by atoms with Gasteiger partial charge in [-0.05, 0) is 36.8 Å². The number of pyridine rings is 1. The average Bonchev–Trinajstić information content (AvgIpc) is 3.40. The van der Waals surface area contributed by atoms with Crippen molar-refractivity contribution in [3.8, 4) is 17.3 Å². The highest BCUT2D eigenvalue weighted by molar-refractivity contribution is 6.30. The number of benzene rings is 1. The van der Waals surface area contributed by atoms with Gasteiger partial charge in [0.25, 0.3) is 11.8 Å². The van der Waals surface area contributed by atoms with Gasteiger partial charge in [0, 0.05) is 29.2 Å². The zero-order valence-corrected chi connectivity index (χ0v) is 18.1. The van der Waals surface area contributed by atoms with E-state index in [-0.39, 0.29) is 11.8 Å². The maximum atomic E-state index is 12.7. The lowest BCUT2D eigenvalue weighted by atomic mass is 10.2. The van der Waals surface area contributed by atoms with Crippen LogP contribution in [0.4, 0.5) is 0 Å². The summed E-state index contributed by atoms with van der Waals surface area (Å²) in [6, 6.07) is 10.9. The highest BCUT2D eigenvalue weighted by atomic mass is 35.5. The molecule has 1 amide bonds. The number of rotatable bonds is 6. The van der Waals surface area contributed by atoms with E-state index in [1.165, 1.54) is 6.20 Å². The molecule has 0 fully saturated rings. The molecule has 0 saturated carbocycles. The highest BCUT2D eigenvalue weighted by Crippen LogP contribution is 2.22. The Morgan fingerprint density at radius 1 is 1.26 bits per heavy atom. The average molecular weight is 437 g/mol. The molecular weight excluding hydrogens is 416 g/mol. The highest BCUT2D eigenvalue weighted by Gasteiger charge is 2.17. The zero-order chi connectivity index (χ0) is 22.0. The van der Waals surface area contributed by atoms with Crippen LogP contribution in [0.5, 0.6) is 0 Å². The van der Waals surface area contributed by atoms with Crippen LogP contribution in [-0.2, 0) is 6.54 Å². The smallest absolute Gasteiger partial charge is 0.258 e. The molecular formula is C22H21ClN6O2. The standard InChI is InChI=1S/C22H21ClN6O2/c1-13(2)20-27-22(31-28-20)16-7-8-24-19(10-16)29-14(3)18(12-26-29)21(30)25-11-15-5-4-6-17(23)9-15/h4-10,12-13H,11H2,1-3H3,(H,25,30). The van der Waals surface area contributed by atoms with E-state index in [1.807, 2.05) is 39.0 Å². The van der Waals surface area contributed by atoms with E-state index in [9.17, 15) is 4.79 Å². The van der Waals surface area contributed by atoms with Gasteiger partial charge >= 0.3 is 0 Å². The summed E-state index contributed by atoms with van der Waals surface area (Å²) in [7, 11) is 0. The number of hydrogen-bond donors (Lipinski definition) is 1. The molecule has 0 spiro atoms. The van der Waals surface area contributed by atoms with Crippen molar-refractivity contribution >= 4 is 17.5 Å². The minimum absolute atomic E-state index is 0.167. The molecule has 0 aliphatic carbocycles. The van der Waals surface area contributed by atoms with Crippen molar-refractivity contribution in [1.82, 2.24) is 30.2 Å². The quantitative estimate of drug-likeness (QED) is 0.483. The fourth-order valence-electron chi connectivity index (χ4n) is 3.04. The fraction of sp³-hybridized carbons (Fsp3) is 0.227. The first-order valence-corrected chi connectivity index (χ1v) is 10.2. The fourth-order valence-corrected chi connectivity index (χ4v) is 3.25. The topological polar surface area (TPSA) is 98.7 Å². The molecule has 0 unspecified atom stereocenters. The van der Waals surface area contributed by atoms with Gasteiger partial charge in [-0.1, -0.05) is 42.7 Å². The summed E-state index contributed by atoms with van der Waals surface area (Å²) in [4.78, 5) is 21.5. The second-order valence-corrected chi connectivity index (χ2v) is 7.82. The molecule has 0 aliphatic heterocycles. The molecule has 0 radical (unpaired) electrons. The summed E-state index contributed by atoms with van der Waals surface area (Å²) in [5.41, 5.74) is 2.78. The Morgan fingerprint density at radius 3 is 2.84 bits per heavy atom. The molecule has 3 heterocycles. The molecule has 158 valence electrons. The van der Waals surface area contributed by atoms with E-state index in [4.69, 9.17) is 16.1 Å². The summed E-state index contributed by atoms with van der Waals surface area (Å²) in [5, 5.41) is 11.9. The predicted octanol–water partition coefficient (Wildman–Crippen LogP) is 4.33. The normalized spacial score (nSPS) is 11.1. The summed E-state index contributed by atoms with van der Waals surface area (Å²) in [6.45, 7) is 6.18. The van der Waals surface area contributed by atoms with E-state index in [0.717, 1.165) is 11.1 Å². The van der Waals surface area contributed by atoms with Crippen LogP contribution in [-0.4, -0.2) is 30.8 Å². The van der Waals surface area contributed by atoms with Crippen molar-refractivity contribution in [2.75, 3.05) is 0 Å². The maximum Gasteiger partial charge on any atom is 0.258 e. The second-order valence-electron chi connectivity index (χ2n) is 7.38. The largest absolute Gasteiger partial charge is 0.348 e. The first-order valence-electron chi connectivity index (χ1n) is 9.80. The molecule has 9 heteroatoms. The van der Waals surface area contributed by atoms with Gasteiger partial charge in [-0.15, -0.1) is 0 Å². The lowest BCUT2D eigenvalue weighted by molar-refractivity contribution is 0.0950. The number of aromatic nitrogens is 5. The van der Waals surface area contributed by atoms with Gasteiger partial charge in [0.05, 0.1) is 17.5 Å². The molecule has 0 saturated heterocycles. The van der Waals surface area contributed by atoms with Gasteiger partial charge in [0.1, 0.15) is 0 Å². The van der Waals surface area contributed by atoms with Gasteiger partial charge in [0.15, 0.2) is 11.6 Å². The van der Waals surface area contributed by atoms with E-state index >= 15 is 0 Å². The number of carbonyl (C=O) groups excluding carboxylic acids is 1. The SMILES string of the molecule is Cc1c(C(=O)NCc2cccc(Cl)c2)cnn1-c1cc(-c2nc(C(C)C)no2)ccn1. The van der Waals surface area contributed by atoms with Gasteiger partial charge < -0.3 is 9.84 Å². The van der Waals surface area contributed by atoms with Crippen molar-refractivity contribution < 1.29 is 9.32 Å². The van der Waals surface area contributed by atoms with Crippen molar-refractivity contribution in [2.24, 2.45) is 0 Å². The molecule has 4 rings (SSSR count). The Morgan fingerprint density at radius 2 is 2.10 bits per heavy atom. The van der Waals surface area contributed by atoms with Crippen LogP contribution in [0.25, 0.3) is 17.3 Å². The van der Waals surface area contributed by atoms with Crippen LogP contribution in [0.15, 0.2) is 53.3 Å². The van der Waals surface area contributed by atoms with Crippen LogP contribution in [0, 0.1) is 6.92 Å². The third kappa shape index (κ3) is 4.49. The Balaban J connectivity index is 1.54. The molecule has 3 aromatic heterocycles. The molecule has 0 aliphatic rings. The Bertz CT molecular complexity index is 1230. The summed E-state index contributed by atoms with van der Waals surface area (Å²) < 4.78 is 6.98. The number of hydrogen-bond acceptors (Lipinski definition) is 6. The van der Waals surface area contributed by atoms with E-state index in [1.54, 1.807) is 29.1 Å². The van der Waals surface area contributed by atoms with Crippen LogP contribution in [0.3, 0.4) is 0 Å². The maximum absolute atomic E-state index is 12.7. The van der Waals surface area contributed by atoms with E-state index in [0.29, 0.717) is 40.4 Å². The lowest BCUT2D eigenvalue weighted by Gasteiger charge is -2.07. The zero-order valence-electron chi connectivity index (χ0n) is 17.3. The second kappa shape index (κ2) is 8.69. The number of nitrogens with zero attached hydrogens (tertiary/aromatic N) is 5. The predicted molar refractivity (Wildman–Crippen MR) is 116 cm³/mol. The van der Waals surface area contributed by atoms with Gasteiger partial charge in [-0.2, -0.15) is 10.1 Å². The summed E-state index contributed by atoms with van der Waals surface area (Å²) >= 11 is 6.00. The Hall–Kier alpha value is -3.52.